The van der Waals surface area contributed by atoms with E-state index in [1.807, 2.05) is 54.6 Å². The van der Waals surface area contributed by atoms with Crippen LogP contribution in [0.15, 0.2) is 81.8 Å². The highest BCUT2D eigenvalue weighted by atomic mass is 79.9. The number of carbonyl (C=O) groups excluding carboxylic acids is 1. The van der Waals surface area contributed by atoms with Crippen molar-refractivity contribution >= 4 is 27.5 Å². The van der Waals surface area contributed by atoms with Crippen molar-refractivity contribution in [2.45, 2.75) is 0 Å². The molecule has 1 heterocycles. The van der Waals surface area contributed by atoms with E-state index in [2.05, 4.69) is 31.4 Å². The summed E-state index contributed by atoms with van der Waals surface area (Å²) in [6, 6.07) is 21.9. The SMILES string of the molecule is COc1ccc(-c2noc(-c3ccc(NC(=O)c4ccccc4Br)cc3)n2)cc1. The summed E-state index contributed by atoms with van der Waals surface area (Å²) in [4.78, 5) is 16.8. The molecule has 4 aromatic rings. The number of aromatic nitrogens is 2. The first kappa shape index (κ1) is 18.9. The van der Waals surface area contributed by atoms with Crippen molar-refractivity contribution in [3.8, 4) is 28.6 Å². The van der Waals surface area contributed by atoms with Gasteiger partial charge in [0.15, 0.2) is 0 Å². The second kappa shape index (κ2) is 8.28. The van der Waals surface area contributed by atoms with E-state index in [0.29, 0.717) is 23.0 Å². The smallest absolute Gasteiger partial charge is 0.258 e. The Hall–Kier alpha value is -3.45. The van der Waals surface area contributed by atoms with Gasteiger partial charge in [0.05, 0.1) is 12.7 Å². The number of halogens is 1. The molecule has 0 bridgehead atoms. The van der Waals surface area contributed by atoms with Crippen LogP contribution in [0.4, 0.5) is 5.69 Å². The number of hydrogen-bond acceptors (Lipinski definition) is 5. The van der Waals surface area contributed by atoms with E-state index in [4.69, 9.17) is 9.26 Å². The van der Waals surface area contributed by atoms with Crippen LogP contribution < -0.4 is 10.1 Å². The van der Waals surface area contributed by atoms with E-state index in [1.165, 1.54) is 0 Å². The molecule has 0 saturated heterocycles. The molecule has 0 aliphatic carbocycles. The number of nitrogens with one attached hydrogen (secondary N) is 1. The molecule has 1 aromatic heterocycles. The molecule has 0 fully saturated rings. The molecule has 0 aliphatic heterocycles. The molecule has 0 aliphatic rings. The van der Waals surface area contributed by atoms with Gasteiger partial charge in [0.25, 0.3) is 11.8 Å². The molecule has 6 nitrogen and oxygen atoms in total. The van der Waals surface area contributed by atoms with Crippen LogP contribution in [0.2, 0.25) is 0 Å². The zero-order valence-corrected chi connectivity index (χ0v) is 17.0. The predicted octanol–water partition coefficient (Wildman–Crippen LogP) is 5.43. The Bertz CT molecular complexity index is 1140. The number of benzene rings is 3. The normalized spacial score (nSPS) is 10.6. The van der Waals surface area contributed by atoms with Crippen LogP contribution >= 0.6 is 15.9 Å². The summed E-state index contributed by atoms with van der Waals surface area (Å²) in [5, 5.41) is 6.91. The van der Waals surface area contributed by atoms with Crippen molar-refractivity contribution < 1.29 is 14.1 Å². The van der Waals surface area contributed by atoms with E-state index >= 15 is 0 Å². The molecule has 144 valence electrons. The van der Waals surface area contributed by atoms with Crippen molar-refractivity contribution in [2.24, 2.45) is 0 Å². The average molecular weight is 450 g/mol. The Morgan fingerprint density at radius 2 is 1.66 bits per heavy atom. The largest absolute Gasteiger partial charge is 0.497 e. The predicted molar refractivity (Wildman–Crippen MR) is 114 cm³/mol. The maximum absolute atomic E-state index is 12.4. The lowest BCUT2D eigenvalue weighted by atomic mass is 10.1. The van der Waals surface area contributed by atoms with E-state index in [-0.39, 0.29) is 5.91 Å². The molecule has 0 spiro atoms. The van der Waals surface area contributed by atoms with Crippen LogP contribution in [0, 0.1) is 0 Å². The molecule has 0 saturated carbocycles. The number of carbonyl (C=O) groups is 1. The van der Waals surface area contributed by atoms with Crippen LogP contribution in [-0.2, 0) is 0 Å². The fourth-order valence-corrected chi connectivity index (χ4v) is 3.20. The van der Waals surface area contributed by atoms with Crippen LogP contribution in [0.5, 0.6) is 5.75 Å². The third kappa shape index (κ3) is 4.20. The first-order chi connectivity index (χ1) is 14.1. The minimum absolute atomic E-state index is 0.190. The van der Waals surface area contributed by atoms with Crippen molar-refractivity contribution in [1.29, 1.82) is 0 Å². The summed E-state index contributed by atoms with van der Waals surface area (Å²) in [5.41, 5.74) is 2.83. The molecule has 0 unspecified atom stereocenters. The Morgan fingerprint density at radius 1 is 0.966 bits per heavy atom. The number of anilines is 1. The molecule has 3 aromatic carbocycles. The van der Waals surface area contributed by atoms with E-state index in [1.54, 1.807) is 25.3 Å². The quantitative estimate of drug-likeness (QED) is 0.439. The Balaban J connectivity index is 1.49. The highest BCUT2D eigenvalue weighted by Crippen LogP contribution is 2.25. The van der Waals surface area contributed by atoms with Gasteiger partial charge in [-0.05, 0) is 76.6 Å². The number of hydrogen-bond donors (Lipinski definition) is 1. The second-order valence-corrected chi connectivity index (χ2v) is 7.02. The summed E-state index contributed by atoms with van der Waals surface area (Å²) < 4.78 is 11.3. The standard InChI is InChI=1S/C22H16BrN3O3/c1-28-17-12-8-14(9-13-17)20-25-22(29-26-20)15-6-10-16(11-7-15)24-21(27)18-4-2-3-5-19(18)23/h2-13H,1H3,(H,24,27). The number of methoxy groups -OCH3 is 1. The topological polar surface area (TPSA) is 77.3 Å². The average Bonchev–Trinajstić information content (AvgIpc) is 3.25. The van der Waals surface area contributed by atoms with Gasteiger partial charge in [-0.2, -0.15) is 4.98 Å². The van der Waals surface area contributed by atoms with Crippen molar-refractivity contribution in [3.05, 3.63) is 82.8 Å². The van der Waals surface area contributed by atoms with Gasteiger partial charge in [-0.1, -0.05) is 17.3 Å². The van der Waals surface area contributed by atoms with Gasteiger partial charge in [0.2, 0.25) is 5.82 Å². The molecule has 1 N–H and O–H groups in total. The molecule has 0 radical (unpaired) electrons. The molecule has 4 rings (SSSR count). The first-order valence-electron chi connectivity index (χ1n) is 8.78. The Kier molecular flexibility index (Phi) is 5.39. The third-order valence-corrected chi connectivity index (χ3v) is 4.97. The highest BCUT2D eigenvalue weighted by Gasteiger charge is 2.12. The maximum atomic E-state index is 12.4. The fraction of sp³-hybridized carbons (Fsp3) is 0.0455. The van der Waals surface area contributed by atoms with E-state index in [0.717, 1.165) is 21.3 Å². The van der Waals surface area contributed by atoms with Crippen molar-refractivity contribution in [2.75, 3.05) is 12.4 Å². The maximum Gasteiger partial charge on any atom is 0.258 e. The molecule has 1 amide bonds. The summed E-state index contributed by atoms with van der Waals surface area (Å²) >= 11 is 3.39. The minimum Gasteiger partial charge on any atom is -0.497 e. The monoisotopic (exact) mass is 449 g/mol. The lowest BCUT2D eigenvalue weighted by Crippen LogP contribution is -2.12. The Morgan fingerprint density at radius 3 is 2.34 bits per heavy atom. The first-order valence-corrected chi connectivity index (χ1v) is 9.58. The van der Waals surface area contributed by atoms with Crippen molar-refractivity contribution in [3.63, 3.8) is 0 Å². The van der Waals surface area contributed by atoms with Gasteiger partial charge in [-0.15, -0.1) is 0 Å². The molecular formula is C22H16BrN3O3. The van der Waals surface area contributed by atoms with Gasteiger partial charge in [-0.25, -0.2) is 0 Å². The zero-order valence-electron chi connectivity index (χ0n) is 15.4. The van der Waals surface area contributed by atoms with Gasteiger partial charge in [-0.3, -0.25) is 4.79 Å². The van der Waals surface area contributed by atoms with Gasteiger partial charge in [0, 0.05) is 21.3 Å². The minimum atomic E-state index is -0.190. The van der Waals surface area contributed by atoms with E-state index < -0.39 is 0 Å². The summed E-state index contributed by atoms with van der Waals surface area (Å²) in [6.07, 6.45) is 0. The van der Waals surface area contributed by atoms with Gasteiger partial charge >= 0.3 is 0 Å². The molecular weight excluding hydrogens is 434 g/mol. The van der Waals surface area contributed by atoms with Crippen LogP contribution in [0.3, 0.4) is 0 Å². The highest BCUT2D eigenvalue weighted by molar-refractivity contribution is 9.10. The van der Waals surface area contributed by atoms with Gasteiger partial charge in [0.1, 0.15) is 5.75 Å². The number of ether oxygens (including phenoxy) is 1. The lowest BCUT2D eigenvalue weighted by molar-refractivity contribution is 0.102. The summed E-state index contributed by atoms with van der Waals surface area (Å²) in [6.45, 7) is 0. The Labute approximate surface area is 175 Å². The van der Waals surface area contributed by atoms with Crippen LogP contribution in [0.1, 0.15) is 10.4 Å². The van der Waals surface area contributed by atoms with Crippen molar-refractivity contribution in [1.82, 2.24) is 10.1 Å². The number of nitrogens with zero attached hydrogens (tertiary/aromatic N) is 2. The third-order valence-electron chi connectivity index (χ3n) is 4.28. The van der Waals surface area contributed by atoms with Gasteiger partial charge < -0.3 is 14.6 Å². The molecule has 29 heavy (non-hydrogen) atoms. The summed E-state index contributed by atoms with van der Waals surface area (Å²) in [5.74, 6) is 1.47. The number of amides is 1. The number of rotatable bonds is 5. The second-order valence-electron chi connectivity index (χ2n) is 6.16. The van der Waals surface area contributed by atoms with Crippen LogP contribution in [-0.4, -0.2) is 23.2 Å². The lowest BCUT2D eigenvalue weighted by Gasteiger charge is -2.07. The molecule has 0 atom stereocenters. The molecule has 7 heteroatoms. The van der Waals surface area contributed by atoms with E-state index in [9.17, 15) is 4.79 Å². The fourth-order valence-electron chi connectivity index (χ4n) is 2.74. The summed E-state index contributed by atoms with van der Waals surface area (Å²) in [7, 11) is 1.62. The van der Waals surface area contributed by atoms with Crippen LogP contribution in [0.25, 0.3) is 22.8 Å². The zero-order chi connectivity index (χ0) is 20.2.